The van der Waals surface area contributed by atoms with Crippen molar-refractivity contribution in [1.82, 2.24) is 9.78 Å². The molecule has 140 valence electrons. The Morgan fingerprint density at radius 1 is 1.04 bits per heavy atom. The van der Waals surface area contributed by atoms with E-state index >= 15 is 0 Å². The summed E-state index contributed by atoms with van der Waals surface area (Å²) in [6.45, 7) is 3.74. The highest BCUT2D eigenvalue weighted by molar-refractivity contribution is 5.92. The molecule has 0 saturated heterocycles. The molecule has 0 unspecified atom stereocenters. The quantitative estimate of drug-likeness (QED) is 0.620. The molecule has 0 radical (unpaired) electrons. The average Bonchev–Trinajstić information content (AvgIpc) is 3.00. The molecular formula is C21H22N2O4. The number of methoxy groups -OCH3 is 2. The summed E-state index contributed by atoms with van der Waals surface area (Å²) in [7, 11) is 3.16. The van der Waals surface area contributed by atoms with Gasteiger partial charge in [-0.2, -0.15) is 5.10 Å². The van der Waals surface area contributed by atoms with Crippen LogP contribution in [-0.2, 0) is 11.3 Å². The van der Waals surface area contributed by atoms with E-state index in [1.807, 2.05) is 37.3 Å². The van der Waals surface area contributed by atoms with Crippen molar-refractivity contribution in [3.63, 3.8) is 0 Å². The minimum atomic E-state index is -0.419. The lowest BCUT2D eigenvalue weighted by molar-refractivity contribution is 0.0468. The highest BCUT2D eigenvalue weighted by Crippen LogP contribution is 2.25. The summed E-state index contributed by atoms with van der Waals surface area (Å²) in [4.78, 5) is 12.7. The van der Waals surface area contributed by atoms with E-state index in [4.69, 9.17) is 14.2 Å². The van der Waals surface area contributed by atoms with Crippen molar-refractivity contribution in [2.24, 2.45) is 0 Å². The first-order valence-corrected chi connectivity index (χ1v) is 8.54. The van der Waals surface area contributed by atoms with Gasteiger partial charge in [0.05, 0.1) is 31.3 Å². The minimum Gasteiger partial charge on any atom is -0.497 e. The van der Waals surface area contributed by atoms with Crippen molar-refractivity contribution in [2.75, 3.05) is 14.2 Å². The molecule has 0 amide bonds. The molecule has 0 fully saturated rings. The number of hydrogen-bond donors (Lipinski definition) is 0. The van der Waals surface area contributed by atoms with Gasteiger partial charge >= 0.3 is 5.97 Å². The Hall–Kier alpha value is -3.28. The SMILES string of the molecule is COc1ccc(OC)c(COC(=O)c2c(C)nn(-c3ccccc3)c2C)c1. The maximum absolute atomic E-state index is 12.7. The molecule has 0 aliphatic rings. The molecule has 6 nitrogen and oxygen atoms in total. The van der Waals surface area contributed by atoms with E-state index in [1.165, 1.54) is 0 Å². The van der Waals surface area contributed by atoms with Gasteiger partial charge in [-0.05, 0) is 44.2 Å². The number of ether oxygens (including phenoxy) is 3. The van der Waals surface area contributed by atoms with Crippen molar-refractivity contribution < 1.29 is 19.0 Å². The first kappa shape index (κ1) is 18.5. The molecule has 0 aliphatic carbocycles. The van der Waals surface area contributed by atoms with Crippen LogP contribution >= 0.6 is 0 Å². The number of nitrogens with zero attached hydrogens (tertiary/aromatic N) is 2. The molecule has 0 N–H and O–H groups in total. The second-order valence-electron chi connectivity index (χ2n) is 6.05. The molecule has 27 heavy (non-hydrogen) atoms. The van der Waals surface area contributed by atoms with E-state index in [1.54, 1.807) is 44.0 Å². The van der Waals surface area contributed by atoms with Gasteiger partial charge in [0.2, 0.25) is 0 Å². The molecule has 1 aromatic heterocycles. The fourth-order valence-corrected chi connectivity index (χ4v) is 2.97. The zero-order valence-corrected chi connectivity index (χ0v) is 15.9. The van der Waals surface area contributed by atoms with Crippen LogP contribution in [0.15, 0.2) is 48.5 Å². The molecular weight excluding hydrogens is 344 g/mol. The summed E-state index contributed by atoms with van der Waals surface area (Å²) in [6, 6.07) is 15.0. The highest BCUT2D eigenvalue weighted by atomic mass is 16.5. The highest BCUT2D eigenvalue weighted by Gasteiger charge is 2.21. The van der Waals surface area contributed by atoms with Gasteiger partial charge < -0.3 is 14.2 Å². The number of rotatable bonds is 6. The smallest absolute Gasteiger partial charge is 0.342 e. The van der Waals surface area contributed by atoms with E-state index in [0.717, 1.165) is 16.9 Å². The Labute approximate surface area is 158 Å². The lowest BCUT2D eigenvalue weighted by Crippen LogP contribution is -2.09. The summed E-state index contributed by atoms with van der Waals surface area (Å²) in [5, 5.41) is 4.49. The van der Waals surface area contributed by atoms with Crippen LogP contribution in [-0.4, -0.2) is 30.0 Å². The van der Waals surface area contributed by atoms with Crippen LogP contribution in [0.3, 0.4) is 0 Å². The molecule has 3 aromatic rings. The average molecular weight is 366 g/mol. The minimum absolute atomic E-state index is 0.0780. The molecule has 0 spiro atoms. The maximum atomic E-state index is 12.7. The van der Waals surface area contributed by atoms with E-state index in [0.29, 0.717) is 22.8 Å². The fraction of sp³-hybridized carbons (Fsp3) is 0.238. The zero-order chi connectivity index (χ0) is 19.4. The van der Waals surface area contributed by atoms with Gasteiger partial charge in [0.25, 0.3) is 0 Å². The van der Waals surface area contributed by atoms with Gasteiger partial charge in [-0.25, -0.2) is 9.48 Å². The summed E-state index contributed by atoms with van der Waals surface area (Å²) >= 11 is 0. The zero-order valence-electron chi connectivity index (χ0n) is 15.9. The third-order valence-electron chi connectivity index (χ3n) is 4.34. The van der Waals surface area contributed by atoms with Crippen LogP contribution in [0.25, 0.3) is 5.69 Å². The largest absolute Gasteiger partial charge is 0.497 e. The lowest BCUT2D eigenvalue weighted by atomic mass is 10.2. The third-order valence-corrected chi connectivity index (χ3v) is 4.34. The molecule has 0 saturated carbocycles. The van der Waals surface area contributed by atoms with Crippen molar-refractivity contribution in [1.29, 1.82) is 0 Å². The van der Waals surface area contributed by atoms with Crippen molar-refractivity contribution in [3.05, 3.63) is 71.0 Å². The monoisotopic (exact) mass is 366 g/mol. The summed E-state index contributed by atoms with van der Waals surface area (Å²) < 4.78 is 17.8. The number of aryl methyl sites for hydroxylation is 1. The molecule has 0 bridgehead atoms. The molecule has 0 atom stereocenters. The van der Waals surface area contributed by atoms with Crippen LogP contribution in [0.4, 0.5) is 0 Å². The van der Waals surface area contributed by atoms with Gasteiger partial charge in [-0.1, -0.05) is 18.2 Å². The molecule has 0 aliphatic heterocycles. The van der Waals surface area contributed by atoms with E-state index in [9.17, 15) is 4.79 Å². The lowest BCUT2D eigenvalue weighted by Gasteiger charge is -2.11. The Morgan fingerprint density at radius 3 is 2.44 bits per heavy atom. The van der Waals surface area contributed by atoms with E-state index in [-0.39, 0.29) is 6.61 Å². The molecule has 2 aromatic carbocycles. The Kier molecular flexibility index (Phi) is 5.45. The van der Waals surface area contributed by atoms with Crippen molar-refractivity contribution in [2.45, 2.75) is 20.5 Å². The topological polar surface area (TPSA) is 62.6 Å². The van der Waals surface area contributed by atoms with E-state index < -0.39 is 5.97 Å². The van der Waals surface area contributed by atoms with Crippen molar-refractivity contribution in [3.8, 4) is 17.2 Å². The van der Waals surface area contributed by atoms with Crippen LogP contribution in [0.2, 0.25) is 0 Å². The predicted molar refractivity (Wildman–Crippen MR) is 102 cm³/mol. The second-order valence-corrected chi connectivity index (χ2v) is 6.05. The summed E-state index contributed by atoms with van der Waals surface area (Å²) in [6.07, 6.45) is 0. The van der Waals surface area contributed by atoms with Gasteiger partial charge in [0, 0.05) is 5.56 Å². The first-order chi connectivity index (χ1) is 13.0. The van der Waals surface area contributed by atoms with Crippen LogP contribution in [0.5, 0.6) is 11.5 Å². The van der Waals surface area contributed by atoms with Gasteiger partial charge in [0.15, 0.2) is 0 Å². The number of aromatic nitrogens is 2. The normalized spacial score (nSPS) is 10.5. The summed E-state index contributed by atoms with van der Waals surface area (Å²) in [5.41, 5.74) is 3.46. The van der Waals surface area contributed by atoms with Crippen LogP contribution < -0.4 is 9.47 Å². The standard InChI is InChI=1S/C21H22N2O4/c1-14-20(15(2)23(22-14)17-8-6-5-7-9-17)21(24)27-13-16-12-18(25-3)10-11-19(16)26-4/h5-12H,13H2,1-4H3. The van der Waals surface area contributed by atoms with Crippen molar-refractivity contribution >= 4 is 5.97 Å². The number of esters is 1. The van der Waals surface area contributed by atoms with E-state index in [2.05, 4.69) is 5.10 Å². The Balaban J connectivity index is 1.83. The number of benzene rings is 2. The molecule has 1 heterocycles. The number of carbonyl (C=O) groups is 1. The second kappa shape index (κ2) is 7.95. The van der Waals surface area contributed by atoms with Crippen LogP contribution in [0, 0.1) is 13.8 Å². The fourth-order valence-electron chi connectivity index (χ4n) is 2.97. The third kappa shape index (κ3) is 3.79. The molecule has 3 rings (SSSR count). The Bertz CT molecular complexity index is 948. The molecule has 6 heteroatoms. The number of hydrogen-bond acceptors (Lipinski definition) is 5. The van der Waals surface area contributed by atoms with Gasteiger partial charge in [0.1, 0.15) is 23.7 Å². The first-order valence-electron chi connectivity index (χ1n) is 8.54. The Morgan fingerprint density at radius 2 is 1.78 bits per heavy atom. The maximum Gasteiger partial charge on any atom is 0.342 e. The number of para-hydroxylation sites is 1. The van der Waals surface area contributed by atoms with Crippen LogP contribution in [0.1, 0.15) is 27.3 Å². The van der Waals surface area contributed by atoms with Gasteiger partial charge in [-0.15, -0.1) is 0 Å². The predicted octanol–water partition coefficient (Wildman–Crippen LogP) is 3.86. The number of carbonyl (C=O) groups excluding carboxylic acids is 1. The summed E-state index contributed by atoms with van der Waals surface area (Å²) in [5.74, 6) is 0.889. The van der Waals surface area contributed by atoms with Gasteiger partial charge in [-0.3, -0.25) is 0 Å².